The van der Waals surface area contributed by atoms with Crippen LogP contribution in [0.4, 0.5) is 4.39 Å². The van der Waals surface area contributed by atoms with Gasteiger partial charge in [-0.3, -0.25) is 4.79 Å². The van der Waals surface area contributed by atoms with Gasteiger partial charge in [0.2, 0.25) is 0 Å². The molecular formula is C26H22FNO4S. The average molecular weight is 464 g/mol. The molecule has 1 amide bonds. The Morgan fingerprint density at radius 3 is 2.27 bits per heavy atom. The van der Waals surface area contributed by atoms with Crippen molar-refractivity contribution in [2.24, 2.45) is 0 Å². The normalized spacial score (nSPS) is 12.3. The number of nitrogens with one attached hydrogen (secondary N) is 1. The van der Waals surface area contributed by atoms with E-state index < -0.39 is 26.8 Å². The van der Waals surface area contributed by atoms with Crippen molar-refractivity contribution in [1.29, 1.82) is 0 Å². The molecule has 7 heteroatoms. The number of furan rings is 1. The molecule has 1 heterocycles. The second kappa shape index (κ2) is 9.42. The summed E-state index contributed by atoms with van der Waals surface area (Å²) in [5, 5.41) is 1.53. The van der Waals surface area contributed by atoms with Gasteiger partial charge in [0.05, 0.1) is 11.2 Å². The first kappa shape index (κ1) is 22.5. The van der Waals surface area contributed by atoms with Crippen LogP contribution >= 0.6 is 0 Å². The third-order valence-electron chi connectivity index (χ3n) is 5.40. The molecule has 0 saturated carbocycles. The molecule has 3 aromatic carbocycles. The van der Waals surface area contributed by atoms with E-state index in [1.54, 1.807) is 24.3 Å². The molecular weight excluding hydrogens is 441 g/mol. The van der Waals surface area contributed by atoms with Crippen LogP contribution in [0.2, 0.25) is 0 Å². The van der Waals surface area contributed by atoms with Crippen molar-refractivity contribution in [3.05, 3.63) is 114 Å². The summed E-state index contributed by atoms with van der Waals surface area (Å²) in [7, 11) is -3.96. The highest BCUT2D eigenvalue weighted by molar-refractivity contribution is 7.91. The van der Waals surface area contributed by atoms with E-state index in [0.29, 0.717) is 5.56 Å². The lowest BCUT2D eigenvalue weighted by Crippen LogP contribution is -2.31. The summed E-state index contributed by atoms with van der Waals surface area (Å²) < 4.78 is 45.6. The number of carbonyl (C=O) groups is 1. The Labute approximate surface area is 191 Å². The minimum atomic E-state index is -3.96. The molecule has 0 spiro atoms. The van der Waals surface area contributed by atoms with Gasteiger partial charge in [0.1, 0.15) is 16.8 Å². The van der Waals surface area contributed by atoms with Crippen molar-refractivity contribution in [3.63, 3.8) is 0 Å². The first-order chi connectivity index (χ1) is 15.9. The Bertz CT molecular complexity index is 1350. The van der Waals surface area contributed by atoms with Gasteiger partial charge in [-0.25, -0.2) is 12.8 Å². The molecule has 4 rings (SSSR count). The highest BCUT2D eigenvalue weighted by Crippen LogP contribution is 2.30. The average Bonchev–Trinajstić information content (AvgIpc) is 3.36. The van der Waals surface area contributed by atoms with Gasteiger partial charge in [-0.2, -0.15) is 0 Å². The van der Waals surface area contributed by atoms with Crippen LogP contribution in [0, 0.1) is 12.7 Å². The number of hydrogen-bond acceptors (Lipinski definition) is 4. The Balaban J connectivity index is 1.54. The van der Waals surface area contributed by atoms with Gasteiger partial charge in [0, 0.05) is 12.1 Å². The van der Waals surface area contributed by atoms with Crippen molar-refractivity contribution in [2.75, 3.05) is 6.54 Å². The molecule has 0 aliphatic heterocycles. The lowest BCUT2D eigenvalue weighted by molar-refractivity contribution is 0.0953. The van der Waals surface area contributed by atoms with Gasteiger partial charge in [-0.05, 0) is 66.1 Å². The number of amides is 1. The number of sulfone groups is 1. The van der Waals surface area contributed by atoms with Crippen LogP contribution in [0.15, 0.2) is 101 Å². The van der Waals surface area contributed by atoms with E-state index in [0.717, 1.165) is 17.2 Å². The van der Waals surface area contributed by atoms with Gasteiger partial charge in [-0.1, -0.05) is 42.5 Å². The summed E-state index contributed by atoms with van der Waals surface area (Å²) in [6.45, 7) is 1.29. The Morgan fingerprint density at radius 1 is 0.939 bits per heavy atom. The van der Waals surface area contributed by atoms with Gasteiger partial charge < -0.3 is 9.73 Å². The van der Waals surface area contributed by atoms with Gasteiger partial charge in [0.25, 0.3) is 5.91 Å². The van der Waals surface area contributed by atoms with E-state index in [1.165, 1.54) is 25.3 Å². The summed E-state index contributed by atoms with van der Waals surface area (Å²) in [6.07, 6.45) is 1.37. The molecule has 1 aromatic heterocycles. The van der Waals surface area contributed by atoms with E-state index in [2.05, 4.69) is 5.32 Å². The number of hydrogen-bond donors (Lipinski definition) is 1. The third-order valence-corrected chi connectivity index (χ3v) is 7.45. The van der Waals surface area contributed by atoms with Gasteiger partial charge >= 0.3 is 0 Å². The highest BCUT2D eigenvalue weighted by Gasteiger charge is 2.32. The van der Waals surface area contributed by atoms with Crippen molar-refractivity contribution >= 4 is 15.7 Å². The van der Waals surface area contributed by atoms with E-state index in [4.69, 9.17) is 4.42 Å². The summed E-state index contributed by atoms with van der Waals surface area (Å²) in [5.74, 6) is -0.705. The van der Waals surface area contributed by atoms with Crippen molar-refractivity contribution in [3.8, 4) is 11.1 Å². The van der Waals surface area contributed by atoms with Crippen molar-refractivity contribution < 1.29 is 22.0 Å². The molecule has 1 atom stereocenters. The van der Waals surface area contributed by atoms with Crippen LogP contribution in [0.25, 0.3) is 11.1 Å². The number of aryl methyl sites for hydroxylation is 1. The maximum atomic E-state index is 13.7. The highest BCUT2D eigenvalue weighted by atomic mass is 32.2. The number of benzene rings is 3. The molecule has 0 aliphatic carbocycles. The zero-order chi connectivity index (χ0) is 23.4. The largest absolute Gasteiger partial charge is 0.468 e. The Morgan fingerprint density at radius 2 is 1.64 bits per heavy atom. The number of halogens is 1. The molecule has 33 heavy (non-hydrogen) atoms. The smallest absolute Gasteiger partial charge is 0.251 e. The monoisotopic (exact) mass is 463 g/mol. The van der Waals surface area contributed by atoms with Crippen LogP contribution in [-0.2, 0) is 9.84 Å². The van der Waals surface area contributed by atoms with Crippen LogP contribution < -0.4 is 5.32 Å². The molecule has 1 unspecified atom stereocenters. The first-order valence-corrected chi connectivity index (χ1v) is 11.9. The fraction of sp³-hybridized carbons (Fsp3) is 0.115. The zero-order valence-electron chi connectivity index (χ0n) is 17.9. The minimum Gasteiger partial charge on any atom is -0.468 e. The van der Waals surface area contributed by atoms with Crippen LogP contribution in [0.3, 0.4) is 0 Å². The number of carbonyl (C=O) groups excluding carboxylic acids is 1. The molecule has 0 radical (unpaired) electrons. The quantitative estimate of drug-likeness (QED) is 0.376. The molecule has 5 nitrogen and oxygen atoms in total. The van der Waals surface area contributed by atoms with Crippen molar-refractivity contribution in [2.45, 2.75) is 17.1 Å². The fourth-order valence-corrected chi connectivity index (χ4v) is 5.20. The summed E-state index contributed by atoms with van der Waals surface area (Å²) in [5.41, 5.74) is 2.62. The Kier molecular flexibility index (Phi) is 6.42. The molecule has 0 fully saturated rings. The van der Waals surface area contributed by atoms with Crippen LogP contribution in [0.1, 0.15) is 26.9 Å². The topological polar surface area (TPSA) is 76.4 Å². The SMILES string of the molecule is Cc1cc(S(=O)(=O)C(CNC(=O)c2ccc(-c3ccccc3)cc2)c2ccco2)ccc1F. The van der Waals surface area contributed by atoms with E-state index in [9.17, 15) is 17.6 Å². The van der Waals surface area contributed by atoms with E-state index in [1.807, 2.05) is 42.5 Å². The van der Waals surface area contributed by atoms with Crippen LogP contribution in [0.5, 0.6) is 0 Å². The minimum absolute atomic E-state index is 0.0377. The first-order valence-electron chi connectivity index (χ1n) is 10.3. The van der Waals surface area contributed by atoms with E-state index in [-0.39, 0.29) is 22.8 Å². The van der Waals surface area contributed by atoms with Gasteiger partial charge in [-0.15, -0.1) is 0 Å². The maximum absolute atomic E-state index is 13.7. The molecule has 1 N–H and O–H groups in total. The molecule has 0 bridgehead atoms. The lowest BCUT2D eigenvalue weighted by Gasteiger charge is -2.17. The second-order valence-corrected chi connectivity index (χ2v) is 9.74. The van der Waals surface area contributed by atoms with Gasteiger partial charge in [0.15, 0.2) is 9.84 Å². The predicted molar refractivity (Wildman–Crippen MR) is 124 cm³/mol. The second-order valence-electron chi connectivity index (χ2n) is 7.61. The summed E-state index contributed by atoms with van der Waals surface area (Å²) in [6, 6.07) is 23.6. The third kappa shape index (κ3) is 4.88. The zero-order valence-corrected chi connectivity index (χ0v) is 18.7. The van der Waals surface area contributed by atoms with Crippen LogP contribution in [-0.4, -0.2) is 20.9 Å². The Hall–Kier alpha value is -3.71. The van der Waals surface area contributed by atoms with E-state index >= 15 is 0 Å². The molecule has 0 aliphatic rings. The summed E-state index contributed by atoms with van der Waals surface area (Å²) in [4.78, 5) is 12.7. The van der Waals surface area contributed by atoms with Crippen molar-refractivity contribution in [1.82, 2.24) is 5.32 Å². The lowest BCUT2D eigenvalue weighted by atomic mass is 10.0. The molecule has 0 saturated heterocycles. The summed E-state index contributed by atoms with van der Waals surface area (Å²) >= 11 is 0. The standard InChI is InChI=1S/C26H22FNO4S/c1-18-16-22(13-14-23(18)27)33(30,31)25(24-8-5-15-32-24)17-28-26(29)21-11-9-20(10-12-21)19-6-3-2-4-7-19/h2-16,25H,17H2,1H3,(H,28,29). The molecule has 4 aromatic rings. The maximum Gasteiger partial charge on any atom is 0.251 e. The number of rotatable bonds is 7. The molecule has 168 valence electrons. The fourth-order valence-electron chi connectivity index (χ4n) is 3.53. The predicted octanol–water partition coefficient (Wildman–Crippen LogP) is 5.34.